The molecule has 1 aromatic carbocycles. The molecule has 8 nitrogen and oxygen atoms in total. The minimum atomic E-state index is -5.08. The quantitative estimate of drug-likeness (QED) is 0.476. The Hall–Kier alpha value is -3.08. The monoisotopic (exact) mass is 497 g/mol. The predicted molar refractivity (Wildman–Crippen MR) is 121 cm³/mol. The van der Waals surface area contributed by atoms with E-state index in [-0.39, 0.29) is 23.3 Å². The molecule has 3 aliphatic rings. The van der Waals surface area contributed by atoms with Gasteiger partial charge in [0.1, 0.15) is 12.4 Å². The van der Waals surface area contributed by atoms with E-state index < -0.39 is 12.1 Å². The molecular weight excluding hydrogens is 467 g/mol. The summed E-state index contributed by atoms with van der Waals surface area (Å²) in [5.74, 6) is -2.08. The third-order valence-electron chi connectivity index (χ3n) is 6.40. The number of carbonyl (C=O) groups is 3. The fourth-order valence-corrected chi connectivity index (χ4v) is 4.37. The number of aliphatic carboxylic acids is 1. The van der Waals surface area contributed by atoms with Gasteiger partial charge in [0.25, 0.3) is 5.91 Å². The lowest BCUT2D eigenvalue weighted by Crippen LogP contribution is -2.64. The van der Waals surface area contributed by atoms with Gasteiger partial charge in [-0.25, -0.2) is 4.79 Å². The molecule has 2 fully saturated rings. The second kappa shape index (κ2) is 11.6. The van der Waals surface area contributed by atoms with Crippen molar-refractivity contribution in [3.8, 4) is 5.75 Å². The first-order chi connectivity index (χ1) is 16.6. The molecule has 1 atom stereocenters. The molecule has 11 heteroatoms. The van der Waals surface area contributed by atoms with E-state index in [0.29, 0.717) is 24.5 Å². The van der Waals surface area contributed by atoms with Crippen LogP contribution in [-0.2, 0) is 9.59 Å². The number of nitrogens with zero attached hydrogens (tertiary/aromatic N) is 1. The van der Waals surface area contributed by atoms with Gasteiger partial charge in [0.05, 0.1) is 11.0 Å². The van der Waals surface area contributed by atoms with Gasteiger partial charge in [0.15, 0.2) is 0 Å². The Morgan fingerprint density at radius 3 is 2.49 bits per heavy atom. The van der Waals surface area contributed by atoms with Crippen LogP contribution in [0.4, 0.5) is 13.2 Å². The molecule has 0 bridgehead atoms. The molecular formula is C24H30F3N3O5. The molecule has 2 amide bonds. The van der Waals surface area contributed by atoms with Gasteiger partial charge in [-0.15, -0.1) is 0 Å². The minimum absolute atomic E-state index is 0.0522. The fraction of sp³-hybridized carbons (Fsp3) is 0.542. The maximum Gasteiger partial charge on any atom is 0.490 e. The summed E-state index contributed by atoms with van der Waals surface area (Å²) in [7, 11) is 0. The Kier molecular flexibility index (Phi) is 8.76. The van der Waals surface area contributed by atoms with Gasteiger partial charge in [-0.1, -0.05) is 37.1 Å². The molecule has 192 valence electrons. The second-order valence-corrected chi connectivity index (χ2v) is 8.88. The van der Waals surface area contributed by atoms with E-state index in [0.717, 1.165) is 51.7 Å². The Morgan fingerprint density at radius 2 is 1.83 bits per heavy atom. The van der Waals surface area contributed by atoms with Gasteiger partial charge in [-0.05, 0) is 31.4 Å². The van der Waals surface area contributed by atoms with Crippen LogP contribution in [0.2, 0.25) is 0 Å². The van der Waals surface area contributed by atoms with Crippen molar-refractivity contribution < 1.29 is 37.4 Å². The van der Waals surface area contributed by atoms with Gasteiger partial charge < -0.3 is 25.4 Å². The zero-order valence-electron chi connectivity index (χ0n) is 19.3. The van der Waals surface area contributed by atoms with Crippen LogP contribution >= 0.6 is 0 Å². The number of hydrogen-bond acceptors (Lipinski definition) is 5. The van der Waals surface area contributed by atoms with Crippen LogP contribution in [-0.4, -0.2) is 72.8 Å². The van der Waals surface area contributed by atoms with Crippen molar-refractivity contribution in [1.29, 1.82) is 0 Å². The average molecular weight is 498 g/mol. The summed E-state index contributed by atoms with van der Waals surface area (Å²) in [6.45, 7) is 3.09. The molecule has 3 heterocycles. The van der Waals surface area contributed by atoms with Gasteiger partial charge in [0, 0.05) is 32.2 Å². The van der Waals surface area contributed by atoms with Crippen molar-refractivity contribution in [2.24, 2.45) is 5.41 Å². The summed E-state index contributed by atoms with van der Waals surface area (Å²) >= 11 is 0. The zero-order valence-corrected chi connectivity index (χ0v) is 19.3. The lowest BCUT2D eigenvalue weighted by atomic mass is 9.76. The van der Waals surface area contributed by atoms with Crippen molar-refractivity contribution in [2.45, 2.75) is 44.3 Å². The highest BCUT2D eigenvalue weighted by Gasteiger charge is 2.47. The molecule has 3 aliphatic heterocycles. The highest BCUT2D eigenvalue weighted by Crippen LogP contribution is 2.33. The lowest BCUT2D eigenvalue weighted by Gasteiger charge is -2.45. The molecule has 0 aromatic heterocycles. The van der Waals surface area contributed by atoms with E-state index in [1.165, 1.54) is 0 Å². The minimum Gasteiger partial charge on any atom is -0.489 e. The van der Waals surface area contributed by atoms with Gasteiger partial charge in [-0.2, -0.15) is 13.2 Å². The maximum absolute atomic E-state index is 13.5. The third kappa shape index (κ3) is 6.74. The van der Waals surface area contributed by atoms with Crippen LogP contribution in [0.15, 0.2) is 36.4 Å². The summed E-state index contributed by atoms with van der Waals surface area (Å²) < 4.78 is 37.6. The Balaban J connectivity index is 0.000000429. The Morgan fingerprint density at radius 1 is 1.11 bits per heavy atom. The standard InChI is InChI=1S/C22H29N3O3.C2HF3O2/c26-20-18-9-3-4-10-19(18)28-13-7-5-11-22(15-23-16-22)21(27)25-12-6-1-2-8-17(25)14-24-20;3-2(4,5)1(6)7/h3-5,7,9-10,17,23H,1-2,6,8,11-16H2,(H,24,26);(H,6,7)/b7-5+;. The van der Waals surface area contributed by atoms with Gasteiger partial charge >= 0.3 is 12.1 Å². The van der Waals surface area contributed by atoms with E-state index in [2.05, 4.69) is 21.6 Å². The van der Waals surface area contributed by atoms with Gasteiger partial charge in [-0.3, -0.25) is 9.59 Å². The number of allylic oxidation sites excluding steroid dienone is 1. The smallest absolute Gasteiger partial charge is 0.489 e. The topological polar surface area (TPSA) is 108 Å². The van der Waals surface area contributed by atoms with E-state index in [9.17, 15) is 22.8 Å². The number of nitrogens with one attached hydrogen (secondary N) is 2. The first-order valence-electron chi connectivity index (χ1n) is 11.6. The summed E-state index contributed by atoms with van der Waals surface area (Å²) in [5.41, 5.74) is 0.185. The molecule has 0 radical (unpaired) electrons. The predicted octanol–water partition coefficient (Wildman–Crippen LogP) is 2.75. The number of ether oxygens (including phenoxy) is 1. The SMILES string of the molecule is O=C(O)C(F)(F)F.O=C1NCC2CCCCCN2C(=O)C2(C/C=C/COc3ccccc31)CNC2. The Bertz CT molecular complexity index is 947. The number of amides is 2. The van der Waals surface area contributed by atoms with Crippen molar-refractivity contribution in [2.75, 3.05) is 32.8 Å². The maximum atomic E-state index is 13.5. The molecule has 1 unspecified atom stereocenters. The molecule has 2 saturated heterocycles. The van der Waals surface area contributed by atoms with E-state index >= 15 is 0 Å². The zero-order chi connectivity index (χ0) is 25.5. The molecule has 1 spiro atoms. The highest BCUT2D eigenvalue weighted by molar-refractivity contribution is 5.97. The normalized spacial score (nSPS) is 23.5. The van der Waals surface area contributed by atoms with E-state index in [1.807, 2.05) is 24.3 Å². The number of halogens is 3. The van der Waals surface area contributed by atoms with Crippen LogP contribution in [0.3, 0.4) is 0 Å². The number of alkyl halides is 3. The molecule has 0 aliphatic carbocycles. The van der Waals surface area contributed by atoms with Crippen molar-refractivity contribution >= 4 is 17.8 Å². The number of hydrogen-bond donors (Lipinski definition) is 3. The molecule has 1 aromatic rings. The summed E-state index contributed by atoms with van der Waals surface area (Å²) in [5, 5.41) is 13.5. The number of rotatable bonds is 0. The Labute approximate surface area is 201 Å². The molecule has 35 heavy (non-hydrogen) atoms. The largest absolute Gasteiger partial charge is 0.490 e. The van der Waals surface area contributed by atoms with E-state index in [4.69, 9.17) is 14.6 Å². The molecule has 0 saturated carbocycles. The first kappa shape index (κ1) is 26.5. The fourth-order valence-electron chi connectivity index (χ4n) is 4.37. The summed E-state index contributed by atoms with van der Waals surface area (Å²) in [6, 6.07) is 7.38. The van der Waals surface area contributed by atoms with Crippen LogP contribution in [0.25, 0.3) is 0 Å². The van der Waals surface area contributed by atoms with Crippen molar-refractivity contribution in [3.63, 3.8) is 0 Å². The second-order valence-electron chi connectivity index (χ2n) is 8.88. The van der Waals surface area contributed by atoms with Crippen LogP contribution in [0, 0.1) is 5.41 Å². The summed E-state index contributed by atoms with van der Waals surface area (Å²) in [6.07, 6.45) is 3.84. The van der Waals surface area contributed by atoms with Crippen LogP contribution in [0.5, 0.6) is 5.75 Å². The number of carboxylic acid groups (broad SMARTS) is 1. The van der Waals surface area contributed by atoms with Gasteiger partial charge in [0.2, 0.25) is 5.91 Å². The highest BCUT2D eigenvalue weighted by atomic mass is 19.4. The lowest BCUT2D eigenvalue weighted by molar-refractivity contribution is -0.192. The molecule has 4 rings (SSSR count). The van der Waals surface area contributed by atoms with Crippen LogP contribution < -0.4 is 15.4 Å². The summed E-state index contributed by atoms with van der Waals surface area (Å²) in [4.78, 5) is 37.2. The van der Waals surface area contributed by atoms with Crippen LogP contribution in [0.1, 0.15) is 42.5 Å². The molecule has 3 N–H and O–H groups in total. The number of para-hydroxylation sites is 1. The van der Waals surface area contributed by atoms with E-state index in [1.54, 1.807) is 6.07 Å². The number of carbonyl (C=O) groups excluding carboxylic acids is 2. The number of fused-ring (bicyclic) bond motifs is 2. The first-order valence-corrected chi connectivity index (χ1v) is 11.6. The average Bonchev–Trinajstić information content (AvgIpc) is 3.03. The van der Waals surface area contributed by atoms with Crippen molar-refractivity contribution in [1.82, 2.24) is 15.5 Å². The van der Waals surface area contributed by atoms with Crippen molar-refractivity contribution in [3.05, 3.63) is 42.0 Å². The number of benzene rings is 1. The third-order valence-corrected chi connectivity index (χ3v) is 6.40. The number of carboxylic acids is 1.